The van der Waals surface area contributed by atoms with Crippen LogP contribution in [0.15, 0.2) is 90.2 Å². The van der Waals surface area contributed by atoms with Crippen molar-refractivity contribution >= 4 is 17.3 Å². The molecular weight excluding hydrogens is 436 g/mol. The van der Waals surface area contributed by atoms with Crippen LogP contribution in [0.2, 0.25) is 0 Å². The predicted molar refractivity (Wildman–Crippen MR) is 136 cm³/mol. The van der Waals surface area contributed by atoms with Crippen LogP contribution in [0.1, 0.15) is 42.4 Å². The van der Waals surface area contributed by atoms with Gasteiger partial charge in [-0.05, 0) is 73.9 Å². The molecule has 0 spiro atoms. The molecular formula is C28H24N6O. The molecule has 0 fully saturated rings. The molecule has 0 atom stereocenters. The molecule has 35 heavy (non-hydrogen) atoms. The molecule has 0 aliphatic heterocycles. The molecule has 2 aromatic heterocycles. The van der Waals surface area contributed by atoms with Gasteiger partial charge in [-0.25, -0.2) is 9.97 Å². The largest absolute Gasteiger partial charge is 0.384 e. The first-order valence-corrected chi connectivity index (χ1v) is 11.0. The van der Waals surface area contributed by atoms with Crippen LogP contribution in [0.3, 0.4) is 0 Å². The van der Waals surface area contributed by atoms with E-state index in [1.165, 1.54) is 6.33 Å². The Morgan fingerprint density at radius 3 is 2.69 bits per heavy atom. The second-order valence-corrected chi connectivity index (χ2v) is 8.65. The minimum absolute atomic E-state index is 0.289. The van der Waals surface area contributed by atoms with Crippen molar-refractivity contribution in [2.24, 2.45) is 0 Å². The summed E-state index contributed by atoms with van der Waals surface area (Å²) in [4.78, 5) is 25.6. The lowest BCUT2D eigenvalue weighted by atomic mass is 9.90. The molecule has 4 rings (SSSR count). The minimum atomic E-state index is -0.798. The van der Waals surface area contributed by atoms with Crippen LogP contribution in [-0.2, 0) is 5.41 Å². The van der Waals surface area contributed by atoms with E-state index < -0.39 is 5.41 Å². The topological polar surface area (TPSA) is 118 Å². The van der Waals surface area contributed by atoms with Gasteiger partial charge in [0, 0.05) is 29.1 Å². The van der Waals surface area contributed by atoms with Gasteiger partial charge in [0.1, 0.15) is 12.1 Å². The molecule has 172 valence electrons. The van der Waals surface area contributed by atoms with Gasteiger partial charge in [0.05, 0.1) is 22.9 Å². The number of anilines is 1. The molecule has 1 amide bonds. The summed E-state index contributed by atoms with van der Waals surface area (Å²) in [5, 5.41) is 12.4. The van der Waals surface area contributed by atoms with E-state index >= 15 is 0 Å². The predicted octanol–water partition coefficient (Wildman–Crippen LogP) is 4.73. The third kappa shape index (κ3) is 5.25. The number of benzene rings is 1. The van der Waals surface area contributed by atoms with Crippen molar-refractivity contribution in [3.63, 3.8) is 0 Å². The van der Waals surface area contributed by atoms with Crippen LogP contribution in [0.4, 0.5) is 5.82 Å². The normalized spacial score (nSPS) is 13.1. The Kier molecular flexibility index (Phi) is 6.41. The van der Waals surface area contributed by atoms with Crippen molar-refractivity contribution in [3.05, 3.63) is 107 Å². The van der Waals surface area contributed by atoms with Gasteiger partial charge in [-0.1, -0.05) is 18.2 Å². The van der Waals surface area contributed by atoms with E-state index in [1.54, 1.807) is 50.4 Å². The second-order valence-electron chi connectivity index (χ2n) is 8.65. The molecule has 7 heteroatoms. The Bertz CT molecular complexity index is 1480. The maximum Gasteiger partial charge on any atom is 0.255 e. The van der Waals surface area contributed by atoms with Gasteiger partial charge in [-0.15, -0.1) is 5.73 Å². The zero-order valence-electron chi connectivity index (χ0n) is 19.7. The molecule has 0 unspecified atom stereocenters. The highest BCUT2D eigenvalue weighted by atomic mass is 16.1. The molecule has 1 aromatic carbocycles. The average Bonchev–Trinajstić information content (AvgIpc) is 3.05. The molecule has 0 saturated carbocycles. The van der Waals surface area contributed by atoms with Crippen molar-refractivity contribution in [1.29, 1.82) is 5.26 Å². The van der Waals surface area contributed by atoms with Crippen LogP contribution >= 0.6 is 0 Å². The number of carbonyl (C=O) groups is 1. The Labute approximate surface area is 204 Å². The fraction of sp³-hybridized carbons (Fsp3) is 0.143. The number of nitrogen functional groups attached to an aromatic ring is 1. The number of nitrogens with one attached hydrogen (secondary N) is 1. The van der Waals surface area contributed by atoms with E-state index in [-0.39, 0.29) is 5.91 Å². The standard InChI is InChI=1S/C28H24N6O/c1-18-6-4-9-22(34-27(35)21-10-11-31-25(13-21)28(2,3)16-29)14-23(18)19-7-5-8-20(12-19)24-15-26(30)33-17-32-24/h4-5,7-15,17H,1-3H3,(H,34,35)(H2,30,32,33). The SMILES string of the molecule is CC1=C=CC=C(NC(=O)c2ccnc(C(C)(C)C#N)c2)C=C1c1cccc(-c2cc(N)ncn2)c1. The zero-order chi connectivity index (χ0) is 25.0. The summed E-state index contributed by atoms with van der Waals surface area (Å²) in [7, 11) is 0. The number of allylic oxidation sites excluding steroid dienone is 4. The van der Waals surface area contributed by atoms with E-state index in [4.69, 9.17) is 5.73 Å². The van der Waals surface area contributed by atoms with Crippen molar-refractivity contribution < 1.29 is 4.79 Å². The number of hydrogen-bond donors (Lipinski definition) is 2. The lowest BCUT2D eigenvalue weighted by molar-refractivity contribution is 0.0967. The molecule has 1 aliphatic rings. The van der Waals surface area contributed by atoms with Crippen molar-refractivity contribution in [3.8, 4) is 17.3 Å². The number of nitrogens with zero attached hydrogens (tertiary/aromatic N) is 4. The number of rotatable bonds is 5. The molecule has 2 heterocycles. The zero-order valence-corrected chi connectivity index (χ0v) is 19.7. The van der Waals surface area contributed by atoms with Crippen molar-refractivity contribution in [2.75, 3.05) is 5.73 Å². The van der Waals surface area contributed by atoms with Crippen LogP contribution in [-0.4, -0.2) is 20.9 Å². The first-order valence-electron chi connectivity index (χ1n) is 11.0. The fourth-order valence-electron chi connectivity index (χ4n) is 3.57. The summed E-state index contributed by atoms with van der Waals surface area (Å²) in [5.41, 5.74) is 14.3. The number of aromatic nitrogens is 3. The minimum Gasteiger partial charge on any atom is -0.384 e. The van der Waals surface area contributed by atoms with Gasteiger partial charge in [0.25, 0.3) is 5.91 Å². The summed E-state index contributed by atoms with van der Waals surface area (Å²) in [6.45, 7) is 5.50. The highest BCUT2D eigenvalue weighted by molar-refractivity contribution is 5.96. The van der Waals surface area contributed by atoms with Crippen LogP contribution < -0.4 is 11.1 Å². The summed E-state index contributed by atoms with van der Waals surface area (Å²) in [6, 6.07) is 15.1. The maximum atomic E-state index is 13.0. The quantitative estimate of drug-likeness (QED) is 0.531. The number of hydrogen-bond acceptors (Lipinski definition) is 6. The number of pyridine rings is 1. The van der Waals surface area contributed by atoms with Gasteiger partial charge >= 0.3 is 0 Å². The fourth-order valence-corrected chi connectivity index (χ4v) is 3.57. The molecule has 3 aromatic rings. The summed E-state index contributed by atoms with van der Waals surface area (Å²) in [6.07, 6.45) is 8.47. The Balaban J connectivity index is 1.64. The highest BCUT2D eigenvalue weighted by Crippen LogP contribution is 2.29. The average molecular weight is 461 g/mol. The summed E-state index contributed by atoms with van der Waals surface area (Å²) < 4.78 is 0. The Morgan fingerprint density at radius 2 is 1.91 bits per heavy atom. The lowest BCUT2D eigenvalue weighted by Crippen LogP contribution is -2.23. The number of carbonyl (C=O) groups excluding carboxylic acids is 1. The van der Waals surface area contributed by atoms with Crippen LogP contribution in [0.25, 0.3) is 16.8 Å². The van der Waals surface area contributed by atoms with Gasteiger partial charge in [-0.2, -0.15) is 5.26 Å². The summed E-state index contributed by atoms with van der Waals surface area (Å²) in [5.74, 6) is 0.112. The molecule has 0 saturated heterocycles. The maximum absolute atomic E-state index is 13.0. The van der Waals surface area contributed by atoms with Gasteiger partial charge < -0.3 is 11.1 Å². The molecule has 7 nitrogen and oxygen atoms in total. The van der Waals surface area contributed by atoms with Crippen molar-refractivity contribution in [1.82, 2.24) is 20.3 Å². The third-order valence-electron chi connectivity index (χ3n) is 5.62. The van der Waals surface area contributed by atoms with Gasteiger partial charge in [0.2, 0.25) is 0 Å². The number of amides is 1. The van der Waals surface area contributed by atoms with Crippen molar-refractivity contribution in [2.45, 2.75) is 26.2 Å². The van der Waals surface area contributed by atoms with Crippen LogP contribution in [0, 0.1) is 11.3 Å². The van der Waals surface area contributed by atoms with E-state index in [0.717, 1.165) is 28.0 Å². The smallest absolute Gasteiger partial charge is 0.255 e. The van der Waals surface area contributed by atoms with E-state index in [2.05, 4.69) is 32.1 Å². The monoisotopic (exact) mass is 460 g/mol. The van der Waals surface area contributed by atoms with E-state index in [1.807, 2.05) is 37.3 Å². The van der Waals surface area contributed by atoms with E-state index in [9.17, 15) is 10.1 Å². The van der Waals surface area contributed by atoms with Gasteiger partial charge in [-0.3, -0.25) is 9.78 Å². The molecule has 0 bridgehead atoms. The highest BCUT2D eigenvalue weighted by Gasteiger charge is 2.22. The Morgan fingerprint density at radius 1 is 1.11 bits per heavy atom. The molecule has 1 aliphatic carbocycles. The van der Waals surface area contributed by atoms with Crippen LogP contribution in [0.5, 0.6) is 0 Å². The van der Waals surface area contributed by atoms with Gasteiger partial charge in [0.15, 0.2) is 0 Å². The third-order valence-corrected chi connectivity index (χ3v) is 5.62. The first kappa shape index (κ1) is 23.4. The van der Waals surface area contributed by atoms with E-state index in [0.29, 0.717) is 22.8 Å². The molecule has 0 radical (unpaired) electrons. The lowest BCUT2D eigenvalue weighted by Gasteiger charge is -2.15. The first-order chi connectivity index (χ1) is 16.8. The number of nitrogens with two attached hydrogens (primary N) is 1. The Hall–Kier alpha value is -4.79. The second kappa shape index (κ2) is 9.60. The number of nitriles is 1. The summed E-state index contributed by atoms with van der Waals surface area (Å²) >= 11 is 0. The molecule has 3 N–H and O–H groups in total.